The van der Waals surface area contributed by atoms with Gasteiger partial charge < -0.3 is 5.32 Å². The van der Waals surface area contributed by atoms with E-state index in [-0.39, 0.29) is 5.41 Å². The lowest BCUT2D eigenvalue weighted by Gasteiger charge is -2.17. The van der Waals surface area contributed by atoms with Crippen LogP contribution in [0.5, 0.6) is 0 Å². The van der Waals surface area contributed by atoms with Crippen LogP contribution in [0.15, 0.2) is 36.4 Å². The number of amides is 1. The van der Waals surface area contributed by atoms with Crippen LogP contribution >= 0.6 is 11.6 Å². The van der Waals surface area contributed by atoms with E-state index < -0.39 is 28.9 Å². The van der Waals surface area contributed by atoms with E-state index in [0.717, 1.165) is 30.5 Å². The molecular weight excluding hydrogens is 327 g/mol. The fourth-order valence-electron chi connectivity index (χ4n) is 2.57. The van der Waals surface area contributed by atoms with Gasteiger partial charge in [-0.05, 0) is 42.7 Å². The van der Waals surface area contributed by atoms with E-state index in [1.807, 2.05) is 12.1 Å². The molecule has 6 heteroatoms. The maximum Gasteiger partial charge on any atom is 0.254 e. The van der Waals surface area contributed by atoms with E-state index in [2.05, 4.69) is 5.32 Å². The second-order valence-electron chi connectivity index (χ2n) is 5.69. The normalized spacial score (nSPS) is 15.3. The van der Waals surface area contributed by atoms with Crippen molar-refractivity contribution in [2.24, 2.45) is 0 Å². The molecule has 3 rings (SSSR count). The number of carbonyl (C=O) groups excluding carboxylic acids is 1. The first-order chi connectivity index (χ1) is 10.9. The second-order valence-corrected chi connectivity index (χ2v) is 6.13. The molecule has 1 aliphatic carbocycles. The number of hydrogen-bond donors (Lipinski definition) is 1. The summed E-state index contributed by atoms with van der Waals surface area (Å²) in [4.78, 5) is 12.0. The number of nitrogens with one attached hydrogen (secondary N) is 1. The van der Waals surface area contributed by atoms with E-state index in [4.69, 9.17) is 11.6 Å². The van der Waals surface area contributed by atoms with Crippen molar-refractivity contribution in [2.45, 2.75) is 18.3 Å². The lowest BCUT2D eigenvalue weighted by atomic mass is 9.96. The third-order valence-electron chi connectivity index (χ3n) is 4.18. The lowest BCUT2D eigenvalue weighted by molar-refractivity contribution is 0.0944. The highest BCUT2D eigenvalue weighted by molar-refractivity contribution is 6.30. The number of hydrogen-bond acceptors (Lipinski definition) is 1. The predicted octanol–water partition coefficient (Wildman–Crippen LogP) is 4.22. The predicted molar refractivity (Wildman–Crippen MR) is 81.0 cm³/mol. The molecule has 1 fully saturated rings. The molecule has 0 radical (unpaired) electrons. The van der Waals surface area contributed by atoms with Gasteiger partial charge in [-0.3, -0.25) is 4.79 Å². The first-order valence-electron chi connectivity index (χ1n) is 7.11. The molecule has 0 aliphatic heterocycles. The summed E-state index contributed by atoms with van der Waals surface area (Å²) in [7, 11) is 0. The zero-order valence-electron chi connectivity index (χ0n) is 12.0. The molecule has 1 saturated carbocycles. The molecule has 1 amide bonds. The minimum absolute atomic E-state index is 0.199. The van der Waals surface area contributed by atoms with Crippen molar-refractivity contribution >= 4 is 17.5 Å². The summed E-state index contributed by atoms with van der Waals surface area (Å²) in [6, 6.07) is 8.99. The Balaban J connectivity index is 1.72. The average Bonchev–Trinajstić information content (AvgIpc) is 3.32. The summed E-state index contributed by atoms with van der Waals surface area (Å²) in [6.07, 6.45) is 1.77. The minimum Gasteiger partial charge on any atom is -0.351 e. The Morgan fingerprint density at radius 1 is 1.04 bits per heavy atom. The lowest BCUT2D eigenvalue weighted by Crippen LogP contribution is -2.33. The maximum atomic E-state index is 13.6. The first kappa shape index (κ1) is 15.9. The van der Waals surface area contributed by atoms with Gasteiger partial charge in [0.15, 0.2) is 17.5 Å². The Kier molecular flexibility index (Phi) is 4.06. The fourth-order valence-corrected chi connectivity index (χ4v) is 2.69. The molecule has 0 spiro atoms. The molecular formula is C17H13ClF3NO. The van der Waals surface area contributed by atoms with Crippen molar-refractivity contribution in [1.29, 1.82) is 0 Å². The highest BCUT2D eigenvalue weighted by atomic mass is 35.5. The number of rotatable bonds is 4. The highest BCUT2D eigenvalue weighted by Gasteiger charge is 2.44. The SMILES string of the molecule is O=C(NCC1(c2ccc(Cl)cc2)CC1)c1ccc(F)c(F)c1F. The molecule has 2 aromatic carbocycles. The second kappa shape index (κ2) is 5.89. The zero-order chi connectivity index (χ0) is 16.6. The molecule has 0 atom stereocenters. The van der Waals surface area contributed by atoms with Crippen molar-refractivity contribution in [1.82, 2.24) is 5.32 Å². The average molecular weight is 340 g/mol. The van der Waals surface area contributed by atoms with Gasteiger partial charge in [-0.25, -0.2) is 13.2 Å². The summed E-state index contributed by atoms with van der Waals surface area (Å²) >= 11 is 5.86. The Morgan fingerprint density at radius 2 is 1.70 bits per heavy atom. The van der Waals surface area contributed by atoms with Gasteiger partial charge in [-0.2, -0.15) is 0 Å². The van der Waals surface area contributed by atoms with Crippen LogP contribution in [0.2, 0.25) is 5.02 Å². The van der Waals surface area contributed by atoms with Crippen LogP contribution in [0, 0.1) is 17.5 Å². The zero-order valence-corrected chi connectivity index (χ0v) is 12.8. The number of halogens is 4. The topological polar surface area (TPSA) is 29.1 Å². The third kappa shape index (κ3) is 3.06. The number of benzene rings is 2. The van der Waals surface area contributed by atoms with Crippen LogP contribution in [0.4, 0.5) is 13.2 Å². The Bertz CT molecular complexity index is 757. The molecule has 0 unspecified atom stereocenters. The number of carbonyl (C=O) groups is 1. The minimum atomic E-state index is -1.64. The molecule has 2 nitrogen and oxygen atoms in total. The summed E-state index contributed by atoms with van der Waals surface area (Å²) in [5.41, 5.74) is 0.332. The van der Waals surface area contributed by atoms with Crippen molar-refractivity contribution < 1.29 is 18.0 Å². The largest absolute Gasteiger partial charge is 0.351 e. The quantitative estimate of drug-likeness (QED) is 0.830. The summed E-state index contributed by atoms with van der Waals surface area (Å²) in [6.45, 7) is 0.298. The van der Waals surface area contributed by atoms with E-state index in [1.165, 1.54) is 0 Å². The van der Waals surface area contributed by atoms with Crippen LogP contribution in [-0.4, -0.2) is 12.5 Å². The van der Waals surface area contributed by atoms with E-state index in [1.54, 1.807) is 12.1 Å². The van der Waals surface area contributed by atoms with Crippen molar-refractivity contribution in [2.75, 3.05) is 6.54 Å². The van der Waals surface area contributed by atoms with Gasteiger partial charge in [-0.1, -0.05) is 23.7 Å². The smallest absolute Gasteiger partial charge is 0.254 e. The van der Waals surface area contributed by atoms with Crippen molar-refractivity contribution in [3.63, 3.8) is 0 Å². The Labute approximate surface area is 136 Å². The van der Waals surface area contributed by atoms with E-state index in [9.17, 15) is 18.0 Å². The van der Waals surface area contributed by atoms with Gasteiger partial charge in [-0.15, -0.1) is 0 Å². The van der Waals surface area contributed by atoms with Crippen molar-refractivity contribution in [3.8, 4) is 0 Å². The Morgan fingerprint density at radius 3 is 2.30 bits per heavy atom. The molecule has 2 aromatic rings. The van der Waals surface area contributed by atoms with Gasteiger partial charge in [0.2, 0.25) is 0 Å². The molecule has 23 heavy (non-hydrogen) atoms. The summed E-state index contributed by atoms with van der Waals surface area (Å²) in [5.74, 6) is -5.20. The molecule has 120 valence electrons. The molecule has 1 aliphatic rings. The van der Waals surface area contributed by atoms with Gasteiger partial charge in [0.05, 0.1) is 5.56 Å². The molecule has 0 bridgehead atoms. The maximum absolute atomic E-state index is 13.6. The summed E-state index contributed by atoms with van der Waals surface area (Å²) in [5, 5.41) is 3.22. The van der Waals surface area contributed by atoms with Gasteiger partial charge in [0.25, 0.3) is 5.91 Å². The molecule has 0 aromatic heterocycles. The van der Waals surface area contributed by atoms with E-state index in [0.29, 0.717) is 11.6 Å². The third-order valence-corrected chi connectivity index (χ3v) is 4.43. The monoisotopic (exact) mass is 339 g/mol. The molecule has 0 heterocycles. The van der Waals surface area contributed by atoms with Crippen LogP contribution in [0.3, 0.4) is 0 Å². The van der Waals surface area contributed by atoms with Gasteiger partial charge >= 0.3 is 0 Å². The van der Waals surface area contributed by atoms with Crippen molar-refractivity contribution in [3.05, 3.63) is 70.0 Å². The van der Waals surface area contributed by atoms with Crippen LogP contribution < -0.4 is 5.32 Å². The Hall–Kier alpha value is -2.01. The standard InChI is InChI=1S/C17H13ClF3NO/c18-11-3-1-10(2-4-11)17(7-8-17)9-22-16(23)12-5-6-13(19)15(21)14(12)20/h1-6H,7-9H2,(H,22,23). The van der Waals surface area contributed by atoms with Gasteiger partial charge in [0, 0.05) is 17.0 Å². The van der Waals surface area contributed by atoms with Gasteiger partial charge in [0.1, 0.15) is 0 Å². The fraction of sp³-hybridized carbons (Fsp3) is 0.235. The molecule has 0 saturated heterocycles. The summed E-state index contributed by atoms with van der Waals surface area (Å²) < 4.78 is 39.7. The van der Waals surface area contributed by atoms with Crippen LogP contribution in [-0.2, 0) is 5.41 Å². The first-order valence-corrected chi connectivity index (χ1v) is 7.48. The van der Waals surface area contributed by atoms with Crippen LogP contribution in [0.25, 0.3) is 0 Å². The van der Waals surface area contributed by atoms with E-state index >= 15 is 0 Å². The highest BCUT2D eigenvalue weighted by Crippen LogP contribution is 2.47. The molecule has 1 N–H and O–H groups in total. The van der Waals surface area contributed by atoms with Crippen LogP contribution in [0.1, 0.15) is 28.8 Å².